The van der Waals surface area contributed by atoms with E-state index in [4.69, 9.17) is 9.47 Å². The number of benzene rings is 2. The van der Waals surface area contributed by atoms with Crippen molar-refractivity contribution in [3.63, 3.8) is 0 Å². The zero-order chi connectivity index (χ0) is 26.5. The van der Waals surface area contributed by atoms with Crippen LogP contribution in [-0.2, 0) is 19.6 Å². The minimum absolute atomic E-state index is 0.0355. The van der Waals surface area contributed by atoms with Gasteiger partial charge in [0.1, 0.15) is 10.7 Å². The summed E-state index contributed by atoms with van der Waals surface area (Å²) in [5, 5.41) is 5.52. The molecule has 0 spiro atoms. The van der Waals surface area contributed by atoms with Crippen LogP contribution in [-0.4, -0.2) is 39.6 Å². The minimum Gasteiger partial charge on any atom is -0.454 e. The van der Waals surface area contributed by atoms with Crippen molar-refractivity contribution in [2.75, 3.05) is 13.3 Å². The van der Waals surface area contributed by atoms with Gasteiger partial charge >= 0.3 is 0 Å². The molecular weight excluding hydrogens is 500 g/mol. The lowest BCUT2D eigenvalue weighted by atomic mass is 10.1. The first kappa shape index (κ1) is 25.5. The first-order valence-corrected chi connectivity index (χ1v) is 13.5. The maximum absolute atomic E-state index is 13.3. The first-order chi connectivity index (χ1) is 18.5. The van der Waals surface area contributed by atoms with Crippen molar-refractivity contribution in [3.8, 4) is 11.5 Å². The van der Waals surface area contributed by atoms with Crippen molar-refractivity contribution in [1.82, 2.24) is 19.8 Å². The molecule has 5 rings (SSSR count). The Balaban J connectivity index is 1.22. The molecule has 38 heavy (non-hydrogen) atoms. The number of carbonyl (C=O) groups is 2. The van der Waals surface area contributed by atoms with Gasteiger partial charge in [0.05, 0.1) is 13.1 Å². The highest BCUT2D eigenvalue weighted by Gasteiger charge is 2.19. The van der Waals surface area contributed by atoms with E-state index in [2.05, 4.69) is 21.8 Å². The van der Waals surface area contributed by atoms with Gasteiger partial charge in [0.2, 0.25) is 6.79 Å². The number of ether oxygens (including phenoxy) is 2. The third-order valence-corrected chi connectivity index (χ3v) is 7.25. The average Bonchev–Trinajstić information content (AvgIpc) is 3.68. The van der Waals surface area contributed by atoms with Gasteiger partial charge in [-0.3, -0.25) is 9.59 Å². The first-order valence-electron chi connectivity index (χ1n) is 12.6. The summed E-state index contributed by atoms with van der Waals surface area (Å²) >= 11 is 1.45. The fourth-order valence-electron chi connectivity index (χ4n) is 4.41. The van der Waals surface area contributed by atoms with Crippen molar-refractivity contribution in [1.29, 1.82) is 0 Å². The molecule has 1 aliphatic rings. The molecule has 0 aliphatic carbocycles. The standard InChI is InChI=1S/C29H30N4O4S/c1-3-12-33(29(35)23-9-5-4-7-20(23)2)16-22-8-6-13-32(22)17-27-31-24(18-38-27)28(34)30-15-21-10-11-25-26(14-21)37-19-36-25/h4-11,13-14,18H,3,12,15-17,19H2,1-2H3,(H,30,34). The topological polar surface area (TPSA) is 85.7 Å². The van der Waals surface area contributed by atoms with Crippen molar-refractivity contribution in [2.24, 2.45) is 0 Å². The number of aryl methyl sites for hydroxylation is 1. The summed E-state index contributed by atoms with van der Waals surface area (Å²) in [4.78, 5) is 32.5. The van der Waals surface area contributed by atoms with Crippen molar-refractivity contribution in [3.05, 3.63) is 99.3 Å². The third-order valence-electron chi connectivity index (χ3n) is 6.41. The van der Waals surface area contributed by atoms with E-state index in [0.29, 0.717) is 43.4 Å². The van der Waals surface area contributed by atoms with Gasteiger partial charge in [-0.1, -0.05) is 31.2 Å². The molecule has 4 aromatic rings. The molecule has 0 bridgehead atoms. The van der Waals surface area contributed by atoms with E-state index >= 15 is 0 Å². The number of carbonyl (C=O) groups excluding carboxylic acids is 2. The van der Waals surface area contributed by atoms with Crippen LogP contribution >= 0.6 is 11.3 Å². The molecule has 196 valence electrons. The van der Waals surface area contributed by atoms with Crippen LogP contribution in [0.2, 0.25) is 0 Å². The number of hydrogen-bond donors (Lipinski definition) is 1. The molecule has 0 saturated heterocycles. The van der Waals surface area contributed by atoms with Crippen LogP contribution in [0.1, 0.15) is 56.0 Å². The van der Waals surface area contributed by atoms with Gasteiger partial charge in [-0.2, -0.15) is 0 Å². The van der Waals surface area contributed by atoms with Crippen LogP contribution in [0.15, 0.2) is 66.2 Å². The lowest BCUT2D eigenvalue weighted by Gasteiger charge is -2.24. The molecule has 0 saturated carbocycles. The smallest absolute Gasteiger partial charge is 0.271 e. The number of amides is 2. The predicted molar refractivity (Wildman–Crippen MR) is 146 cm³/mol. The Morgan fingerprint density at radius 2 is 1.95 bits per heavy atom. The van der Waals surface area contributed by atoms with Crippen LogP contribution in [0.5, 0.6) is 11.5 Å². The highest BCUT2D eigenvalue weighted by Crippen LogP contribution is 2.32. The Labute approximate surface area is 225 Å². The molecule has 0 radical (unpaired) electrons. The highest BCUT2D eigenvalue weighted by atomic mass is 32.1. The van der Waals surface area contributed by atoms with Gasteiger partial charge in [-0.25, -0.2) is 4.98 Å². The summed E-state index contributed by atoms with van der Waals surface area (Å²) in [6.45, 7) is 6.32. The molecule has 2 amide bonds. The molecule has 8 nitrogen and oxygen atoms in total. The summed E-state index contributed by atoms with van der Waals surface area (Å²) in [5.41, 5.74) is 4.04. The van der Waals surface area contributed by atoms with Gasteiger partial charge in [-0.05, 0) is 54.8 Å². The van der Waals surface area contributed by atoms with Gasteiger partial charge in [0, 0.05) is 35.9 Å². The molecule has 0 atom stereocenters. The molecule has 3 heterocycles. The van der Waals surface area contributed by atoms with Crippen LogP contribution in [0.3, 0.4) is 0 Å². The Bertz CT molecular complexity index is 1440. The molecule has 0 fully saturated rings. The number of thiazole rings is 1. The molecule has 0 unspecified atom stereocenters. The van der Waals surface area contributed by atoms with E-state index in [1.807, 2.05) is 72.6 Å². The Hall–Kier alpha value is -4.11. The second-order valence-electron chi connectivity index (χ2n) is 9.17. The molecular formula is C29H30N4O4S. The quantitative estimate of drug-likeness (QED) is 0.312. The molecule has 2 aromatic carbocycles. The normalized spacial score (nSPS) is 11.9. The Morgan fingerprint density at radius 1 is 1.11 bits per heavy atom. The second-order valence-corrected chi connectivity index (χ2v) is 10.1. The monoisotopic (exact) mass is 530 g/mol. The van der Waals surface area contributed by atoms with Gasteiger partial charge in [0.25, 0.3) is 11.8 Å². The van der Waals surface area contributed by atoms with Crippen LogP contribution in [0.25, 0.3) is 0 Å². The zero-order valence-electron chi connectivity index (χ0n) is 21.5. The van der Waals surface area contributed by atoms with Gasteiger partial charge in [-0.15, -0.1) is 11.3 Å². The molecule has 1 aliphatic heterocycles. The van der Waals surface area contributed by atoms with E-state index in [1.54, 1.807) is 5.38 Å². The zero-order valence-corrected chi connectivity index (χ0v) is 22.3. The van der Waals surface area contributed by atoms with E-state index in [0.717, 1.165) is 33.8 Å². The van der Waals surface area contributed by atoms with Crippen LogP contribution in [0.4, 0.5) is 0 Å². The highest BCUT2D eigenvalue weighted by molar-refractivity contribution is 7.09. The number of hydrogen-bond acceptors (Lipinski definition) is 6. The van der Waals surface area contributed by atoms with Crippen LogP contribution < -0.4 is 14.8 Å². The van der Waals surface area contributed by atoms with Gasteiger partial charge in [0.15, 0.2) is 11.5 Å². The Morgan fingerprint density at radius 3 is 2.79 bits per heavy atom. The fraction of sp³-hybridized carbons (Fsp3) is 0.276. The molecule has 2 aromatic heterocycles. The third kappa shape index (κ3) is 5.73. The fourth-order valence-corrected chi connectivity index (χ4v) is 5.18. The van der Waals surface area contributed by atoms with E-state index in [1.165, 1.54) is 11.3 Å². The minimum atomic E-state index is -0.226. The SMILES string of the molecule is CCCN(Cc1cccn1Cc1nc(C(=O)NCc2ccc3c(c2)OCO3)cs1)C(=O)c1ccccc1C. The van der Waals surface area contributed by atoms with Gasteiger partial charge < -0.3 is 24.3 Å². The number of fused-ring (bicyclic) bond motifs is 1. The largest absolute Gasteiger partial charge is 0.454 e. The van der Waals surface area contributed by atoms with E-state index < -0.39 is 0 Å². The van der Waals surface area contributed by atoms with Crippen molar-refractivity contribution in [2.45, 2.75) is 39.9 Å². The van der Waals surface area contributed by atoms with Crippen molar-refractivity contribution < 1.29 is 19.1 Å². The average molecular weight is 531 g/mol. The lowest BCUT2D eigenvalue weighted by Crippen LogP contribution is -2.32. The Kier molecular flexibility index (Phi) is 7.74. The summed E-state index contributed by atoms with van der Waals surface area (Å²) in [5.74, 6) is 1.21. The predicted octanol–water partition coefficient (Wildman–Crippen LogP) is 5.01. The maximum Gasteiger partial charge on any atom is 0.271 e. The summed E-state index contributed by atoms with van der Waals surface area (Å²) in [7, 11) is 0. The van der Waals surface area contributed by atoms with E-state index in [-0.39, 0.29) is 18.6 Å². The second kappa shape index (κ2) is 11.5. The number of nitrogens with one attached hydrogen (secondary N) is 1. The lowest BCUT2D eigenvalue weighted by molar-refractivity contribution is 0.0738. The summed E-state index contributed by atoms with van der Waals surface area (Å²) in [6, 6.07) is 17.3. The van der Waals surface area contributed by atoms with Crippen LogP contribution in [0, 0.1) is 6.92 Å². The number of nitrogens with zero attached hydrogens (tertiary/aromatic N) is 3. The van der Waals surface area contributed by atoms with E-state index in [9.17, 15) is 9.59 Å². The number of rotatable bonds is 10. The van der Waals surface area contributed by atoms with Crippen molar-refractivity contribution >= 4 is 23.2 Å². The maximum atomic E-state index is 13.3. The number of aromatic nitrogens is 2. The summed E-state index contributed by atoms with van der Waals surface area (Å²) < 4.78 is 12.8. The molecule has 9 heteroatoms. The summed E-state index contributed by atoms with van der Waals surface area (Å²) in [6.07, 6.45) is 2.86. The molecule has 1 N–H and O–H groups in total.